The Morgan fingerprint density at radius 3 is 2.54 bits per heavy atom. The summed E-state index contributed by atoms with van der Waals surface area (Å²) in [7, 11) is 3.67. The smallest absolute Gasteiger partial charge is 0.255 e. The minimum atomic E-state index is -0.223. The molecule has 0 spiro atoms. The number of hydrogen-bond acceptors (Lipinski definition) is 5. The van der Waals surface area contributed by atoms with E-state index < -0.39 is 0 Å². The Hall–Kier alpha value is -2.44. The Balaban J connectivity index is 1.83. The minimum absolute atomic E-state index is 0.223. The van der Waals surface area contributed by atoms with E-state index in [4.69, 9.17) is 21.1 Å². The van der Waals surface area contributed by atoms with Crippen LogP contribution >= 0.6 is 11.6 Å². The van der Waals surface area contributed by atoms with E-state index in [1.807, 2.05) is 19.1 Å². The van der Waals surface area contributed by atoms with E-state index in [0.29, 0.717) is 34.4 Å². The van der Waals surface area contributed by atoms with Gasteiger partial charge < -0.3 is 24.6 Å². The zero-order valence-corrected chi connectivity index (χ0v) is 17.3. The molecule has 0 bridgehead atoms. The highest BCUT2D eigenvalue weighted by atomic mass is 35.5. The van der Waals surface area contributed by atoms with Crippen molar-refractivity contribution in [1.82, 2.24) is 4.90 Å². The van der Waals surface area contributed by atoms with E-state index in [9.17, 15) is 4.79 Å². The van der Waals surface area contributed by atoms with E-state index in [0.717, 1.165) is 31.9 Å². The van der Waals surface area contributed by atoms with Gasteiger partial charge in [-0.05, 0) is 50.4 Å². The average molecular weight is 404 g/mol. The molecule has 0 aliphatic carbocycles. The summed E-state index contributed by atoms with van der Waals surface area (Å²) in [6.45, 7) is 6.19. The lowest BCUT2D eigenvalue weighted by atomic mass is 10.1. The fraction of sp³-hybridized carbons (Fsp3) is 0.381. The molecule has 0 radical (unpaired) electrons. The van der Waals surface area contributed by atoms with Crippen LogP contribution in [0.5, 0.6) is 11.5 Å². The molecule has 7 heteroatoms. The van der Waals surface area contributed by atoms with Gasteiger partial charge in [0.15, 0.2) is 11.5 Å². The van der Waals surface area contributed by atoms with Gasteiger partial charge in [-0.1, -0.05) is 11.6 Å². The molecule has 2 aromatic rings. The van der Waals surface area contributed by atoms with Gasteiger partial charge in [-0.3, -0.25) is 4.79 Å². The molecule has 1 aliphatic heterocycles. The quantitative estimate of drug-likeness (QED) is 0.796. The van der Waals surface area contributed by atoms with Crippen molar-refractivity contribution in [2.45, 2.75) is 6.92 Å². The summed E-state index contributed by atoms with van der Waals surface area (Å²) in [4.78, 5) is 17.4. The Morgan fingerprint density at radius 2 is 1.86 bits per heavy atom. The summed E-state index contributed by atoms with van der Waals surface area (Å²) < 4.78 is 10.9. The van der Waals surface area contributed by atoms with E-state index in [1.165, 1.54) is 0 Å². The van der Waals surface area contributed by atoms with Crippen LogP contribution in [-0.2, 0) is 0 Å². The maximum absolute atomic E-state index is 12.9. The molecule has 2 aromatic carbocycles. The first-order chi connectivity index (χ1) is 13.5. The van der Waals surface area contributed by atoms with Crippen molar-refractivity contribution in [3.63, 3.8) is 0 Å². The molecular formula is C21H26ClN3O3. The molecule has 1 amide bonds. The van der Waals surface area contributed by atoms with Crippen molar-refractivity contribution in [3.05, 3.63) is 47.0 Å². The van der Waals surface area contributed by atoms with Crippen LogP contribution in [0.25, 0.3) is 0 Å². The van der Waals surface area contributed by atoms with E-state index in [1.54, 1.807) is 31.4 Å². The van der Waals surface area contributed by atoms with Crippen molar-refractivity contribution in [3.8, 4) is 11.5 Å². The van der Waals surface area contributed by atoms with Crippen molar-refractivity contribution < 1.29 is 14.3 Å². The Bertz CT molecular complexity index is 836. The monoisotopic (exact) mass is 403 g/mol. The largest absolute Gasteiger partial charge is 0.493 e. The standard InChI is InChI=1S/C21H26ClN3O3/c1-4-28-19-8-5-15(13-20(19)27-3)21(26)23-17-14-16(22)6-7-18(17)25-11-9-24(2)10-12-25/h5-8,13-14H,4,9-12H2,1-3H3,(H,23,26). The summed E-state index contributed by atoms with van der Waals surface area (Å²) in [6, 6.07) is 10.8. The van der Waals surface area contributed by atoms with Gasteiger partial charge in [0.2, 0.25) is 0 Å². The third kappa shape index (κ3) is 4.69. The molecule has 1 saturated heterocycles. The molecule has 150 valence electrons. The molecule has 1 heterocycles. The number of piperazine rings is 1. The second-order valence-corrected chi connectivity index (χ2v) is 7.14. The Labute approximate surface area is 171 Å². The number of ether oxygens (including phenoxy) is 2. The lowest BCUT2D eigenvalue weighted by molar-refractivity contribution is 0.102. The van der Waals surface area contributed by atoms with Crippen molar-refractivity contribution in [2.24, 2.45) is 0 Å². The maximum atomic E-state index is 12.9. The summed E-state index contributed by atoms with van der Waals surface area (Å²) >= 11 is 6.20. The number of rotatable bonds is 6. The number of hydrogen-bond donors (Lipinski definition) is 1. The highest BCUT2D eigenvalue weighted by molar-refractivity contribution is 6.31. The highest BCUT2D eigenvalue weighted by Crippen LogP contribution is 2.32. The second kappa shape index (κ2) is 9.17. The first kappa shape index (κ1) is 20.3. The van der Waals surface area contributed by atoms with Crippen molar-refractivity contribution in [1.29, 1.82) is 0 Å². The molecule has 0 unspecified atom stereocenters. The van der Waals surface area contributed by atoms with Crippen LogP contribution in [0.15, 0.2) is 36.4 Å². The van der Waals surface area contributed by atoms with Crippen LogP contribution in [0.2, 0.25) is 5.02 Å². The third-order valence-corrected chi connectivity index (χ3v) is 5.01. The molecule has 0 aromatic heterocycles. The van der Waals surface area contributed by atoms with E-state index in [2.05, 4.69) is 22.2 Å². The fourth-order valence-corrected chi connectivity index (χ4v) is 3.38. The number of likely N-dealkylation sites (N-methyl/N-ethyl adjacent to an activating group) is 1. The van der Waals surface area contributed by atoms with Crippen LogP contribution in [0.1, 0.15) is 17.3 Å². The number of amides is 1. The van der Waals surface area contributed by atoms with Gasteiger partial charge in [0.1, 0.15) is 0 Å². The predicted octanol–water partition coefficient (Wildman–Crippen LogP) is 3.75. The van der Waals surface area contributed by atoms with Crippen LogP contribution in [0, 0.1) is 0 Å². The van der Waals surface area contributed by atoms with Gasteiger partial charge in [0.05, 0.1) is 25.1 Å². The zero-order valence-electron chi connectivity index (χ0n) is 16.5. The average Bonchev–Trinajstić information content (AvgIpc) is 2.69. The van der Waals surface area contributed by atoms with Crippen molar-refractivity contribution >= 4 is 28.9 Å². The normalized spacial score (nSPS) is 14.6. The molecule has 1 aliphatic rings. The number of carbonyl (C=O) groups is 1. The fourth-order valence-electron chi connectivity index (χ4n) is 3.21. The first-order valence-corrected chi connectivity index (χ1v) is 9.75. The Morgan fingerprint density at radius 1 is 1.11 bits per heavy atom. The highest BCUT2D eigenvalue weighted by Gasteiger charge is 2.19. The molecular weight excluding hydrogens is 378 g/mol. The van der Waals surface area contributed by atoms with Crippen LogP contribution < -0.4 is 19.7 Å². The summed E-state index contributed by atoms with van der Waals surface area (Å²) in [6.07, 6.45) is 0. The van der Waals surface area contributed by atoms with Crippen molar-refractivity contribution in [2.75, 3.05) is 57.2 Å². The lowest BCUT2D eigenvalue weighted by Gasteiger charge is -2.35. The molecule has 1 N–H and O–H groups in total. The molecule has 0 saturated carbocycles. The molecule has 0 atom stereocenters. The zero-order chi connectivity index (χ0) is 20.1. The first-order valence-electron chi connectivity index (χ1n) is 9.37. The summed E-state index contributed by atoms with van der Waals surface area (Å²) in [5.41, 5.74) is 2.17. The number of methoxy groups -OCH3 is 1. The van der Waals surface area contributed by atoms with E-state index >= 15 is 0 Å². The van der Waals surface area contributed by atoms with Crippen LogP contribution in [0.4, 0.5) is 11.4 Å². The second-order valence-electron chi connectivity index (χ2n) is 6.70. The third-order valence-electron chi connectivity index (χ3n) is 4.78. The van der Waals surface area contributed by atoms with Gasteiger partial charge in [-0.2, -0.15) is 0 Å². The number of anilines is 2. The Kier molecular flexibility index (Phi) is 6.65. The topological polar surface area (TPSA) is 54.0 Å². The maximum Gasteiger partial charge on any atom is 0.255 e. The molecule has 1 fully saturated rings. The number of nitrogens with one attached hydrogen (secondary N) is 1. The molecule has 28 heavy (non-hydrogen) atoms. The molecule has 3 rings (SSSR count). The number of nitrogens with zero attached hydrogens (tertiary/aromatic N) is 2. The van der Waals surface area contributed by atoms with Gasteiger partial charge >= 0.3 is 0 Å². The van der Waals surface area contributed by atoms with Gasteiger partial charge in [-0.25, -0.2) is 0 Å². The SMILES string of the molecule is CCOc1ccc(C(=O)Nc2cc(Cl)ccc2N2CCN(C)CC2)cc1OC. The van der Waals surface area contributed by atoms with Crippen LogP contribution in [0.3, 0.4) is 0 Å². The molecule has 6 nitrogen and oxygen atoms in total. The lowest BCUT2D eigenvalue weighted by Crippen LogP contribution is -2.44. The number of carbonyl (C=O) groups excluding carboxylic acids is 1. The van der Waals surface area contributed by atoms with Crippen LogP contribution in [-0.4, -0.2) is 57.8 Å². The van der Waals surface area contributed by atoms with E-state index in [-0.39, 0.29) is 5.91 Å². The number of benzene rings is 2. The van der Waals surface area contributed by atoms with Gasteiger partial charge in [0.25, 0.3) is 5.91 Å². The number of halogens is 1. The van der Waals surface area contributed by atoms with Gasteiger partial charge in [-0.15, -0.1) is 0 Å². The summed E-state index contributed by atoms with van der Waals surface area (Å²) in [5, 5.41) is 3.58. The van der Waals surface area contributed by atoms with Gasteiger partial charge in [0, 0.05) is 36.8 Å². The predicted molar refractivity (Wildman–Crippen MR) is 113 cm³/mol. The summed E-state index contributed by atoms with van der Waals surface area (Å²) in [5.74, 6) is 0.918. The minimum Gasteiger partial charge on any atom is -0.493 e.